The molecule has 2 rings (SSSR count). The summed E-state index contributed by atoms with van der Waals surface area (Å²) < 4.78 is 26.7. The van der Waals surface area contributed by atoms with Crippen LogP contribution >= 0.6 is 0 Å². The maximum Gasteiger partial charge on any atom is 0.129 e. The highest BCUT2D eigenvalue weighted by Gasteiger charge is 2.08. The Morgan fingerprint density at radius 2 is 2.00 bits per heavy atom. The second kappa shape index (κ2) is 5.57. The van der Waals surface area contributed by atoms with E-state index in [9.17, 15) is 13.9 Å². The molecule has 2 aromatic carbocycles. The molecular weight excluding hydrogens is 262 g/mol. The number of hydrogen-bond donors (Lipinski definition) is 2. The van der Waals surface area contributed by atoms with E-state index in [2.05, 4.69) is 5.32 Å². The van der Waals surface area contributed by atoms with E-state index in [0.717, 1.165) is 12.1 Å². The Morgan fingerprint density at radius 3 is 2.70 bits per heavy atom. The Balaban J connectivity index is 2.25. The van der Waals surface area contributed by atoms with E-state index < -0.39 is 11.6 Å². The minimum atomic E-state index is -0.491. The summed E-state index contributed by atoms with van der Waals surface area (Å²) >= 11 is 0. The van der Waals surface area contributed by atoms with E-state index in [1.807, 2.05) is 6.07 Å². The number of rotatable bonds is 3. The summed E-state index contributed by atoms with van der Waals surface area (Å²) in [4.78, 5) is 0. The quantitative estimate of drug-likeness (QED) is 0.901. The molecule has 0 aliphatic heterocycles. The number of nitrogens with one attached hydrogen (secondary N) is 1. The van der Waals surface area contributed by atoms with Gasteiger partial charge in [-0.2, -0.15) is 5.26 Å². The van der Waals surface area contributed by atoms with Crippen LogP contribution in [0, 0.1) is 29.9 Å². The van der Waals surface area contributed by atoms with Gasteiger partial charge in [0.1, 0.15) is 17.4 Å². The topological polar surface area (TPSA) is 56.0 Å². The molecule has 0 aromatic heterocycles. The van der Waals surface area contributed by atoms with Crippen molar-refractivity contribution in [3.8, 4) is 11.8 Å². The van der Waals surface area contributed by atoms with Gasteiger partial charge in [0.15, 0.2) is 0 Å². The summed E-state index contributed by atoms with van der Waals surface area (Å²) in [6.45, 7) is 1.70. The number of anilines is 1. The molecule has 0 fully saturated rings. The Kier molecular flexibility index (Phi) is 3.85. The third-order valence-electron chi connectivity index (χ3n) is 2.98. The van der Waals surface area contributed by atoms with Crippen LogP contribution < -0.4 is 5.32 Å². The van der Waals surface area contributed by atoms with Crippen molar-refractivity contribution in [3.63, 3.8) is 0 Å². The van der Waals surface area contributed by atoms with E-state index in [-0.39, 0.29) is 17.9 Å². The molecule has 0 unspecified atom stereocenters. The average molecular weight is 274 g/mol. The lowest BCUT2D eigenvalue weighted by atomic mass is 10.1. The van der Waals surface area contributed by atoms with E-state index in [1.165, 1.54) is 18.2 Å². The second-order valence-corrected chi connectivity index (χ2v) is 4.37. The first-order valence-corrected chi connectivity index (χ1v) is 5.93. The van der Waals surface area contributed by atoms with Crippen molar-refractivity contribution < 1.29 is 13.9 Å². The highest BCUT2D eigenvalue weighted by molar-refractivity contribution is 5.56. The van der Waals surface area contributed by atoms with Gasteiger partial charge in [0.2, 0.25) is 0 Å². The van der Waals surface area contributed by atoms with Crippen LogP contribution in [0.15, 0.2) is 30.3 Å². The zero-order valence-electron chi connectivity index (χ0n) is 10.7. The fraction of sp³-hybridized carbons (Fsp3) is 0.133. The summed E-state index contributed by atoms with van der Waals surface area (Å²) in [5.74, 6) is -1.00. The molecule has 0 saturated heterocycles. The Hall–Kier alpha value is -2.61. The first-order chi connectivity index (χ1) is 9.51. The van der Waals surface area contributed by atoms with E-state index in [0.29, 0.717) is 16.8 Å². The summed E-state index contributed by atoms with van der Waals surface area (Å²) in [5, 5.41) is 21.3. The van der Waals surface area contributed by atoms with Crippen molar-refractivity contribution in [1.29, 1.82) is 5.26 Å². The molecule has 3 nitrogen and oxygen atoms in total. The maximum absolute atomic E-state index is 13.6. The number of hydrogen-bond acceptors (Lipinski definition) is 3. The van der Waals surface area contributed by atoms with Gasteiger partial charge in [-0.15, -0.1) is 0 Å². The average Bonchev–Trinajstić information content (AvgIpc) is 2.43. The molecule has 0 saturated carbocycles. The molecule has 20 heavy (non-hydrogen) atoms. The van der Waals surface area contributed by atoms with Crippen LogP contribution in [0.5, 0.6) is 5.75 Å². The van der Waals surface area contributed by atoms with Gasteiger partial charge in [0.25, 0.3) is 0 Å². The van der Waals surface area contributed by atoms with Crippen LogP contribution in [0.3, 0.4) is 0 Å². The highest BCUT2D eigenvalue weighted by atomic mass is 19.1. The Bertz CT molecular complexity index is 693. The third-order valence-corrected chi connectivity index (χ3v) is 2.98. The Morgan fingerprint density at radius 1 is 1.25 bits per heavy atom. The number of nitriles is 1. The van der Waals surface area contributed by atoms with Crippen molar-refractivity contribution >= 4 is 5.69 Å². The summed E-state index contributed by atoms with van der Waals surface area (Å²) in [6, 6.07) is 8.13. The van der Waals surface area contributed by atoms with Gasteiger partial charge in [0, 0.05) is 23.4 Å². The lowest BCUT2D eigenvalue weighted by molar-refractivity contribution is 0.466. The van der Waals surface area contributed by atoms with Crippen LogP contribution in [-0.4, -0.2) is 5.11 Å². The first kappa shape index (κ1) is 13.8. The van der Waals surface area contributed by atoms with Gasteiger partial charge in [-0.3, -0.25) is 0 Å². The van der Waals surface area contributed by atoms with Crippen LogP contribution in [0.1, 0.15) is 16.7 Å². The van der Waals surface area contributed by atoms with Crippen LogP contribution in [0.25, 0.3) is 0 Å². The first-order valence-electron chi connectivity index (χ1n) is 5.93. The molecule has 0 bridgehead atoms. The van der Waals surface area contributed by atoms with E-state index in [4.69, 9.17) is 5.26 Å². The Labute approximate surface area is 115 Å². The molecule has 0 aliphatic rings. The van der Waals surface area contributed by atoms with Crippen LogP contribution in [0.2, 0.25) is 0 Å². The van der Waals surface area contributed by atoms with E-state index >= 15 is 0 Å². The van der Waals surface area contributed by atoms with Crippen molar-refractivity contribution in [3.05, 3.63) is 58.7 Å². The van der Waals surface area contributed by atoms with Gasteiger partial charge < -0.3 is 10.4 Å². The molecule has 0 amide bonds. The lowest BCUT2D eigenvalue weighted by Crippen LogP contribution is -2.03. The zero-order chi connectivity index (χ0) is 14.7. The van der Waals surface area contributed by atoms with Gasteiger partial charge in [-0.05, 0) is 37.3 Å². The molecule has 0 spiro atoms. The van der Waals surface area contributed by atoms with Gasteiger partial charge in [-0.1, -0.05) is 0 Å². The summed E-state index contributed by atoms with van der Waals surface area (Å²) in [6.07, 6.45) is 0. The van der Waals surface area contributed by atoms with Crippen molar-refractivity contribution in [2.75, 3.05) is 5.32 Å². The number of benzene rings is 2. The SMILES string of the molecule is Cc1c(F)cc(C#N)cc1NCc1cc(F)ccc1O. The minimum absolute atomic E-state index is 0.0477. The van der Waals surface area contributed by atoms with Crippen molar-refractivity contribution in [2.24, 2.45) is 0 Å². The van der Waals surface area contributed by atoms with Crippen LogP contribution in [0.4, 0.5) is 14.5 Å². The molecule has 2 N–H and O–H groups in total. The van der Waals surface area contributed by atoms with Gasteiger partial charge >= 0.3 is 0 Å². The van der Waals surface area contributed by atoms with Crippen molar-refractivity contribution in [1.82, 2.24) is 0 Å². The van der Waals surface area contributed by atoms with E-state index in [1.54, 1.807) is 6.92 Å². The number of aromatic hydroxyl groups is 1. The fourth-order valence-electron chi connectivity index (χ4n) is 1.81. The smallest absolute Gasteiger partial charge is 0.129 e. The number of halogens is 2. The number of nitrogens with zero attached hydrogens (tertiary/aromatic N) is 1. The van der Waals surface area contributed by atoms with Crippen LogP contribution in [-0.2, 0) is 6.54 Å². The standard InChI is InChI=1S/C15H12F2N2O/c1-9-13(17)4-10(7-18)5-14(9)19-8-11-6-12(16)2-3-15(11)20/h2-6,19-20H,8H2,1H3. The lowest BCUT2D eigenvalue weighted by Gasteiger charge is -2.12. The largest absolute Gasteiger partial charge is 0.508 e. The fourth-order valence-corrected chi connectivity index (χ4v) is 1.81. The third kappa shape index (κ3) is 2.86. The molecule has 0 radical (unpaired) electrons. The maximum atomic E-state index is 13.6. The molecule has 5 heteroatoms. The zero-order valence-corrected chi connectivity index (χ0v) is 10.7. The summed E-state index contributed by atoms with van der Waals surface area (Å²) in [7, 11) is 0. The number of phenolic OH excluding ortho intramolecular Hbond substituents is 1. The predicted molar refractivity (Wildman–Crippen MR) is 71.2 cm³/mol. The minimum Gasteiger partial charge on any atom is -0.508 e. The monoisotopic (exact) mass is 274 g/mol. The molecule has 0 heterocycles. The molecule has 0 aliphatic carbocycles. The van der Waals surface area contributed by atoms with Gasteiger partial charge in [0.05, 0.1) is 11.6 Å². The predicted octanol–water partition coefficient (Wildman–Crippen LogP) is 3.46. The van der Waals surface area contributed by atoms with Gasteiger partial charge in [-0.25, -0.2) is 8.78 Å². The highest BCUT2D eigenvalue weighted by Crippen LogP contribution is 2.23. The molecule has 102 valence electrons. The van der Waals surface area contributed by atoms with Crippen molar-refractivity contribution in [2.45, 2.75) is 13.5 Å². The number of phenols is 1. The molecular formula is C15H12F2N2O. The molecule has 2 aromatic rings. The summed E-state index contributed by atoms with van der Waals surface area (Å²) in [5.41, 5.74) is 1.34. The second-order valence-electron chi connectivity index (χ2n) is 4.37. The normalized spacial score (nSPS) is 10.1. The molecule has 0 atom stereocenters.